The van der Waals surface area contributed by atoms with Crippen LogP contribution in [0.5, 0.6) is 5.75 Å². The molecule has 2 saturated heterocycles. The van der Waals surface area contributed by atoms with Crippen LogP contribution in [0.15, 0.2) is 48.5 Å². The lowest BCUT2D eigenvalue weighted by Crippen LogP contribution is -2.53. The third kappa shape index (κ3) is 5.80. The molecule has 0 aliphatic carbocycles. The van der Waals surface area contributed by atoms with Gasteiger partial charge in [0.25, 0.3) is 0 Å². The quantitative estimate of drug-likeness (QED) is 0.620. The Morgan fingerprint density at radius 1 is 1.00 bits per heavy atom. The molecule has 0 aromatic heterocycles. The molecule has 0 N–H and O–H groups in total. The number of carbonyl (C=O) groups is 1. The monoisotopic (exact) mass is 491 g/mol. The van der Waals surface area contributed by atoms with E-state index in [-0.39, 0.29) is 24.1 Å². The number of hydrogen-bond acceptors (Lipinski definition) is 5. The number of rotatable bonds is 6. The molecular weight excluding hydrogens is 462 g/mol. The third-order valence-corrected chi connectivity index (χ3v) is 8.49. The largest absolute Gasteiger partial charge is 0.497 e. The SMILES string of the molecule is COc1ccc(N2CCN(C(=O)[C@H]3CCCN(S(=O)(=O)Cc4ccc(Cl)cc4)C3)CC2)cc1. The molecule has 2 aliphatic rings. The summed E-state index contributed by atoms with van der Waals surface area (Å²) in [5, 5.41) is 0.576. The fourth-order valence-corrected chi connectivity index (χ4v) is 6.25. The molecule has 4 rings (SSSR count). The number of benzene rings is 2. The topological polar surface area (TPSA) is 70.2 Å². The van der Waals surface area contributed by atoms with Crippen LogP contribution < -0.4 is 9.64 Å². The van der Waals surface area contributed by atoms with E-state index in [9.17, 15) is 13.2 Å². The van der Waals surface area contributed by atoms with Crippen LogP contribution in [0.1, 0.15) is 18.4 Å². The van der Waals surface area contributed by atoms with Gasteiger partial charge in [-0.3, -0.25) is 4.79 Å². The van der Waals surface area contributed by atoms with E-state index in [1.54, 1.807) is 31.4 Å². The highest BCUT2D eigenvalue weighted by Crippen LogP contribution is 2.25. The van der Waals surface area contributed by atoms with Crippen molar-refractivity contribution >= 4 is 33.2 Å². The Balaban J connectivity index is 1.33. The first kappa shape index (κ1) is 23.9. The predicted molar refractivity (Wildman–Crippen MR) is 130 cm³/mol. The number of nitrogens with zero attached hydrogens (tertiary/aromatic N) is 3. The minimum Gasteiger partial charge on any atom is -0.497 e. The zero-order valence-electron chi connectivity index (χ0n) is 18.8. The lowest BCUT2D eigenvalue weighted by atomic mass is 9.97. The fourth-order valence-electron chi connectivity index (χ4n) is 4.52. The van der Waals surface area contributed by atoms with Crippen LogP contribution in [-0.2, 0) is 20.6 Å². The highest BCUT2D eigenvalue weighted by Gasteiger charge is 2.35. The van der Waals surface area contributed by atoms with Gasteiger partial charge in [-0.2, -0.15) is 0 Å². The zero-order chi connectivity index (χ0) is 23.4. The lowest BCUT2D eigenvalue weighted by molar-refractivity contribution is -0.137. The van der Waals surface area contributed by atoms with Crippen LogP contribution in [0.2, 0.25) is 5.02 Å². The minimum atomic E-state index is -3.50. The van der Waals surface area contributed by atoms with Crippen LogP contribution >= 0.6 is 11.6 Å². The second kappa shape index (κ2) is 10.3. The molecule has 2 aromatic rings. The molecule has 0 unspecified atom stereocenters. The van der Waals surface area contributed by atoms with Gasteiger partial charge in [0.05, 0.1) is 18.8 Å². The van der Waals surface area contributed by atoms with Crippen LogP contribution in [0.3, 0.4) is 0 Å². The first-order chi connectivity index (χ1) is 15.9. The second-order valence-electron chi connectivity index (χ2n) is 8.59. The smallest absolute Gasteiger partial charge is 0.227 e. The summed E-state index contributed by atoms with van der Waals surface area (Å²) in [4.78, 5) is 17.3. The van der Waals surface area contributed by atoms with E-state index < -0.39 is 10.0 Å². The molecule has 7 nitrogen and oxygen atoms in total. The molecular formula is C24H30ClN3O4S. The van der Waals surface area contributed by atoms with Crippen molar-refractivity contribution in [3.05, 3.63) is 59.1 Å². The summed E-state index contributed by atoms with van der Waals surface area (Å²) in [6, 6.07) is 14.8. The van der Waals surface area contributed by atoms with E-state index in [1.807, 2.05) is 29.2 Å². The lowest BCUT2D eigenvalue weighted by Gasteiger charge is -2.39. The summed E-state index contributed by atoms with van der Waals surface area (Å²) in [5.74, 6) is 0.522. The van der Waals surface area contributed by atoms with E-state index in [1.165, 1.54) is 4.31 Å². The Hall–Kier alpha value is -2.29. The van der Waals surface area contributed by atoms with E-state index in [0.29, 0.717) is 36.6 Å². The first-order valence-corrected chi connectivity index (χ1v) is 13.2. The highest BCUT2D eigenvalue weighted by molar-refractivity contribution is 7.88. The fraction of sp³-hybridized carbons (Fsp3) is 0.458. The maximum atomic E-state index is 13.2. The Kier molecular flexibility index (Phi) is 7.46. The van der Waals surface area contributed by atoms with Gasteiger partial charge in [-0.05, 0) is 54.8 Å². The molecule has 2 aliphatic heterocycles. The molecule has 1 atom stereocenters. The molecule has 2 aromatic carbocycles. The van der Waals surface area contributed by atoms with Crippen LogP contribution in [-0.4, -0.2) is 69.9 Å². The number of methoxy groups -OCH3 is 1. The molecule has 1 amide bonds. The van der Waals surface area contributed by atoms with Crippen LogP contribution in [0.25, 0.3) is 0 Å². The number of piperazine rings is 1. The van der Waals surface area contributed by atoms with E-state index >= 15 is 0 Å². The van der Waals surface area contributed by atoms with Crippen molar-refractivity contribution < 1.29 is 17.9 Å². The molecule has 33 heavy (non-hydrogen) atoms. The number of amides is 1. The van der Waals surface area contributed by atoms with Gasteiger partial charge in [0.1, 0.15) is 5.75 Å². The average Bonchev–Trinajstić information content (AvgIpc) is 2.85. The molecule has 2 heterocycles. The zero-order valence-corrected chi connectivity index (χ0v) is 20.4. The highest BCUT2D eigenvalue weighted by atomic mass is 35.5. The molecule has 0 radical (unpaired) electrons. The van der Waals surface area contributed by atoms with Crippen molar-refractivity contribution in [2.24, 2.45) is 5.92 Å². The van der Waals surface area contributed by atoms with Crippen molar-refractivity contribution in [3.63, 3.8) is 0 Å². The van der Waals surface area contributed by atoms with Crippen molar-refractivity contribution in [2.75, 3.05) is 51.3 Å². The summed E-state index contributed by atoms with van der Waals surface area (Å²) >= 11 is 5.91. The van der Waals surface area contributed by atoms with Gasteiger partial charge in [-0.25, -0.2) is 12.7 Å². The molecule has 0 bridgehead atoms. The van der Waals surface area contributed by atoms with Crippen molar-refractivity contribution in [3.8, 4) is 5.75 Å². The standard InChI is InChI=1S/C24H30ClN3O4S/c1-32-23-10-8-22(9-11-23)26-13-15-27(16-14-26)24(29)20-3-2-12-28(17-20)33(30,31)18-19-4-6-21(25)7-5-19/h4-11,20H,2-3,12-18H2,1H3/t20-/m0/s1. The van der Waals surface area contributed by atoms with Gasteiger partial charge in [0.15, 0.2) is 0 Å². The third-order valence-electron chi connectivity index (χ3n) is 6.42. The summed E-state index contributed by atoms with van der Waals surface area (Å²) in [6.45, 7) is 3.50. The Morgan fingerprint density at radius 3 is 2.30 bits per heavy atom. The number of hydrogen-bond donors (Lipinski definition) is 0. The summed E-state index contributed by atoms with van der Waals surface area (Å²) < 4.78 is 32.7. The maximum absolute atomic E-state index is 13.2. The Bertz CT molecular complexity index is 1050. The van der Waals surface area contributed by atoms with E-state index in [0.717, 1.165) is 30.9 Å². The van der Waals surface area contributed by atoms with Crippen LogP contribution in [0, 0.1) is 5.92 Å². The van der Waals surface area contributed by atoms with E-state index in [4.69, 9.17) is 16.3 Å². The number of ether oxygens (including phenoxy) is 1. The van der Waals surface area contributed by atoms with Gasteiger partial charge >= 0.3 is 0 Å². The van der Waals surface area contributed by atoms with Gasteiger partial charge < -0.3 is 14.5 Å². The number of halogens is 1. The molecule has 178 valence electrons. The van der Waals surface area contributed by atoms with Gasteiger partial charge in [0, 0.05) is 50.0 Å². The predicted octanol–water partition coefficient (Wildman–Crippen LogP) is 3.24. The summed E-state index contributed by atoms with van der Waals surface area (Å²) in [6.07, 6.45) is 1.42. The maximum Gasteiger partial charge on any atom is 0.227 e. The number of carbonyl (C=O) groups excluding carboxylic acids is 1. The number of piperidine rings is 1. The molecule has 0 spiro atoms. The van der Waals surface area contributed by atoms with E-state index in [2.05, 4.69) is 4.90 Å². The molecule has 9 heteroatoms. The number of anilines is 1. The van der Waals surface area contributed by atoms with Gasteiger partial charge in [-0.1, -0.05) is 23.7 Å². The normalized spacial score (nSPS) is 20.0. The average molecular weight is 492 g/mol. The first-order valence-electron chi connectivity index (χ1n) is 11.3. The van der Waals surface area contributed by atoms with Crippen molar-refractivity contribution in [2.45, 2.75) is 18.6 Å². The van der Waals surface area contributed by atoms with Crippen molar-refractivity contribution in [1.82, 2.24) is 9.21 Å². The van der Waals surface area contributed by atoms with Crippen LogP contribution in [0.4, 0.5) is 5.69 Å². The Labute approximate surface area is 200 Å². The van der Waals surface area contributed by atoms with Crippen molar-refractivity contribution in [1.29, 1.82) is 0 Å². The van der Waals surface area contributed by atoms with Gasteiger partial charge in [0.2, 0.25) is 15.9 Å². The molecule has 2 fully saturated rings. The van der Waals surface area contributed by atoms with Gasteiger partial charge in [-0.15, -0.1) is 0 Å². The molecule has 0 saturated carbocycles. The number of sulfonamides is 1. The summed E-state index contributed by atoms with van der Waals surface area (Å²) in [5.41, 5.74) is 1.81. The minimum absolute atomic E-state index is 0.0655. The summed E-state index contributed by atoms with van der Waals surface area (Å²) in [7, 11) is -1.85. The second-order valence-corrected chi connectivity index (χ2v) is 11.0. The Morgan fingerprint density at radius 2 is 1.67 bits per heavy atom.